The summed E-state index contributed by atoms with van der Waals surface area (Å²) in [5.74, 6) is 0. The lowest BCUT2D eigenvalue weighted by Crippen LogP contribution is -2.39. The highest BCUT2D eigenvalue weighted by atomic mass is 32.2. The number of hydrogen-bond acceptors (Lipinski definition) is 3. The van der Waals surface area contributed by atoms with Crippen LogP contribution in [0, 0.1) is 0 Å². The maximum Gasteiger partial charge on any atom is 0.315 e. The summed E-state index contributed by atoms with van der Waals surface area (Å²) in [6.07, 6.45) is 1.79. The summed E-state index contributed by atoms with van der Waals surface area (Å²) in [5, 5.41) is 11.0. The largest absolute Gasteiger partial charge is 0.332 e. The maximum atomic E-state index is 12.4. The molecular weight excluding hydrogens is 350 g/mol. The van der Waals surface area contributed by atoms with Crippen LogP contribution in [0.1, 0.15) is 49.9 Å². The number of urea groups is 1. The lowest BCUT2D eigenvalue weighted by molar-refractivity contribution is 0.233. The van der Waals surface area contributed by atoms with Crippen LogP contribution in [0.5, 0.6) is 0 Å². The molecule has 0 saturated heterocycles. The van der Waals surface area contributed by atoms with E-state index in [-0.39, 0.29) is 23.0 Å². The van der Waals surface area contributed by atoms with Crippen LogP contribution in [-0.4, -0.2) is 14.4 Å². The molecule has 26 heavy (non-hydrogen) atoms. The topological polar surface area (TPSA) is 101 Å². The molecule has 140 valence electrons. The second-order valence-electron chi connectivity index (χ2n) is 6.21. The second-order valence-corrected chi connectivity index (χ2v) is 7.77. The van der Waals surface area contributed by atoms with Crippen LogP contribution in [-0.2, 0) is 10.0 Å². The second kappa shape index (κ2) is 8.82. The van der Waals surface area contributed by atoms with E-state index in [2.05, 4.69) is 17.6 Å². The minimum absolute atomic E-state index is 0.0463. The van der Waals surface area contributed by atoms with Gasteiger partial charge in [-0.1, -0.05) is 55.8 Å². The lowest BCUT2D eigenvalue weighted by atomic mass is 10.0. The first-order chi connectivity index (χ1) is 12.3. The first-order valence-electron chi connectivity index (χ1n) is 8.56. The molecule has 0 bridgehead atoms. The molecule has 0 heterocycles. The Morgan fingerprint density at radius 1 is 1.00 bits per heavy atom. The number of carbonyl (C=O) groups excluding carboxylic acids is 1. The number of nitrogens with two attached hydrogens (primary N) is 1. The van der Waals surface area contributed by atoms with Gasteiger partial charge in [0.15, 0.2) is 0 Å². The average Bonchev–Trinajstić information content (AvgIpc) is 2.61. The molecule has 0 unspecified atom stereocenters. The van der Waals surface area contributed by atoms with Gasteiger partial charge >= 0.3 is 6.03 Å². The summed E-state index contributed by atoms with van der Waals surface area (Å²) in [6.45, 7) is 3.91. The fourth-order valence-corrected chi connectivity index (χ4v) is 3.24. The molecule has 0 aliphatic carbocycles. The van der Waals surface area contributed by atoms with Crippen molar-refractivity contribution in [1.82, 2.24) is 10.6 Å². The van der Waals surface area contributed by atoms with Crippen LogP contribution in [0.25, 0.3) is 0 Å². The summed E-state index contributed by atoms with van der Waals surface area (Å²) in [6, 6.07) is 15.4. The van der Waals surface area contributed by atoms with E-state index in [1.54, 1.807) is 12.1 Å². The molecule has 2 aromatic rings. The number of rotatable bonds is 7. The van der Waals surface area contributed by atoms with Crippen molar-refractivity contribution >= 4 is 16.1 Å². The van der Waals surface area contributed by atoms with Crippen molar-refractivity contribution in [1.29, 1.82) is 0 Å². The predicted octanol–water partition coefficient (Wildman–Crippen LogP) is 3.24. The number of nitrogens with one attached hydrogen (secondary N) is 2. The Hall–Kier alpha value is -2.38. The van der Waals surface area contributed by atoms with Crippen molar-refractivity contribution in [3.05, 3.63) is 65.7 Å². The minimum Gasteiger partial charge on any atom is -0.332 e. The molecule has 6 nitrogen and oxygen atoms in total. The van der Waals surface area contributed by atoms with Gasteiger partial charge < -0.3 is 10.6 Å². The van der Waals surface area contributed by atoms with Crippen molar-refractivity contribution in [2.75, 3.05) is 0 Å². The Morgan fingerprint density at radius 3 is 2.15 bits per heavy atom. The average molecular weight is 375 g/mol. The smallest absolute Gasteiger partial charge is 0.315 e. The summed E-state index contributed by atoms with van der Waals surface area (Å²) in [4.78, 5) is 12.4. The Bertz CT molecular complexity index is 821. The number of primary sulfonamides is 1. The molecular formula is C19H25N3O3S. The molecule has 2 rings (SSSR count). The normalized spacial score (nSPS) is 13.7. The van der Waals surface area contributed by atoms with Gasteiger partial charge in [0.2, 0.25) is 10.0 Å². The van der Waals surface area contributed by atoms with Crippen molar-refractivity contribution in [3.8, 4) is 0 Å². The Labute approximate surface area is 154 Å². The van der Waals surface area contributed by atoms with Gasteiger partial charge in [-0.25, -0.2) is 18.4 Å². The van der Waals surface area contributed by atoms with Crippen LogP contribution in [0.4, 0.5) is 4.79 Å². The van der Waals surface area contributed by atoms with Crippen LogP contribution in [0.15, 0.2) is 59.5 Å². The van der Waals surface area contributed by atoms with Gasteiger partial charge in [-0.2, -0.15) is 0 Å². The van der Waals surface area contributed by atoms with E-state index < -0.39 is 10.0 Å². The number of carbonyl (C=O) groups is 1. The molecule has 7 heteroatoms. The fourth-order valence-electron chi connectivity index (χ4n) is 2.72. The van der Waals surface area contributed by atoms with Gasteiger partial charge in [0, 0.05) is 0 Å². The molecule has 0 aliphatic rings. The molecule has 2 atom stereocenters. The van der Waals surface area contributed by atoms with Gasteiger partial charge in [0.05, 0.1) is 17.0 Å². The third kappa shape index (κ3) is 5.57. The van der Waals surface area contributed by atoms with E-state index in [1.807, 2.05) is 37.3 Å². The van der Waals surface area contributed by atoms with Crippen LogP contribution in [0.3, 0.4) is 0 Å². The van der Waals surface area contributed by atoms with E-state index in [4.69, 9.17) is 5.14 Å². The molecule has 2 amide bonds. The quantitative estimate of drug-likeness (QED) is 0.692. The molecule has 0 aliphatic heterocycles. The van der Waals surface area contributed by atoms with Crippen molar-refractivity contribution in [3.63, 3.8) is 0 Å². The van der Waals surface area contributed by atoms with Crippen molar-refractivity contribution < 1.29 is 13.2 Å². The van der Waals surface area contributed by atoms with E-state index in [0.29, 0.717) is 0 Å². The minimum atomic E-state index is -3.72. The third-order valence-electron chi connectivity index (χ3n) is 4.14. The highest BCUT2D eigenvalue weighted by Gasteiger charge is 2.16. The van der Waals surface area contributed by atoms with Crippen LogP contribution >= 0.6 is 0 Å². The predicted molar refractivity (Wildman–Crippen MR) is 102 cm³/mol. The number of hydrogen-bond donors (Lipinski definition) is 3. The van der Waals surface area contributed by atoms with E-state index in [0.717, 1.165) is 24.0 Å². The summed E-state index contributed by atoms with van der Waals surface area (Å²) < 4.78 is 22.6. The molecule has 0 aromatic heterocycles. The third-order valence-corrected chi connectivity index (χ3v) is 5.07. The van der Waals surface area contributed by atoms with Gasteiger partial charge in [-0.15, -0.1) is 0 Å². The molecule has 4 N–H and O–H groups in total. The molecule has 0 radical (unpaired) electrons. The van der Waals surface area contributed by atoms with Gasteiger partial charge in [-0.3, -0.25) is 0 Å². The van der Waals surface area contributed by atoms with Crippen LogP contribution < -0.4 is 15.8 Å². The standard InChI is InChI=1S/C19H25N3O3S/c1-3-7-18(16-8-5-4-6-9-16)22-19(23)21-14(2)15-10-12-17(13-11-15)26(20,24)25/h4-6,8-14,18H,3,7H2,1-2H3,(H2,20,24,25)(H2,21,22,23)/t14-,18+/m0/s1. The molecule has 0 spiro atoms. The van der Waals surface area contributed by atoms with Crippen molar-refractivity contribution in [2.45, 2.75) is 43.7 Å². The first-order valence-corrected chi connectivity index (χ1v) is 10.1. The fraction of sp³-hybridized carbons (Fsp3) is 0.316. The molecule has 0 saturated carbocycles. The first kappa shape index (κ1) is 19.9. The summed E-state index contributed by atoms with van der Waals surface area (Å²) in [7, 11) is -3.72. The van der Waals surface area contributed by atoms with Gasteiger partial charge in [0.25, 0.3) is 0 Å². The van der Waals surface area contributed by atoms with E-state index in [9.17, 15) is 13.2 Å². The summed E-state index contributed by atoms with van der Waals surface area (Å²) >= 11 is 0. The Kier molecular flexibility index (Phi) is 6.76. The molecule has 0 fully saturated rings. The van der Waals surface area contributed by atoms with Crippen LogP contribution in [0.2, 0.25) is 0 Å². The zero-order chi connectivity index (χ0) is 19.2. The summed E-state index contributed by atoms with van der Waals surface area (Å²) in [5.41, 5.74) is 1.86. The monoisotopic (exact) mass is 375 g/mol. The van der Waals surface area contributed by atoms with Gasteiger partial charge in [-0.05, 0) is 36.6 Å². The lowest BCUT2D eigenvalue weighted by Gasteiger charge is -2.21. The zero-order valence-corrected chi connectivity index (χ0v) is 15.8. The van der Waals surface area contributed by atoms with E-state index >= 15 is 0 Å². The van der Waals surface area contributed by atoms with Gasteiger partial charge in [0.1, 0.15) is 0 Å². The number of sulfonamides is 1. The Morgan fingerprint density at radius 2 is 1.62 bits per heavy atom. The zero-order valence-electron chi connectivity index (χ0n) is 15.0. The molecule has 2 aromatic carbocycles. The highest BCUT2D eigenvalue weighted by molar-refractivity contribution is 7.89. The maximum absolute atomic E-state index is 12.4. The van der Waals surface area contributed by atoms with E-state index in [1.165, 1.54) is 12.1 Å². The highest BCUT2D eigenvalue weighted by Crippen LogP contribution is 2.19. The van der Waals surface area contributed by atoms with Crippen molar-refractivity contribution in [2.24, 2.45) is 5.14 Å². The Balaban J connectivity index is 2.01. The number of benzene rings is 2. The number of amides is 2. The SMILES string of the molecule is CCC[C@@H](NC(=O)N[C@@H](C)c1ccc(S(N)(=O)=O)cc1)c1ccccc1.